The van der Waals surface area contributed by atoms with Crippen LogP contribution in [0, 0.1) is 3.57 Å². The van der Waals surface area contributed by atoms with E-state index in [0.29, 0.717) is 18.2 Å². The summed E-state index contributed by atoms with van der Waals surface area (Å²) in [5, 5.41) is 2.32. The van der Waals surface area contributed by atoms with Crippen LogP contribution in [0.4, 0.5) is 0 Å². The van der Waals surface area contributed by atoms with E-state index in [0.717, 1.165) is 37.2 Å². The highest BCUT2D eigenvalue weighted by Crippen LogP contribution is 2.34. The van der Waals surface area contributed by atoms with E-state index in [1.54, 1.807) is 0 Å². The normalized spacial score (nSPS) is 15.0. The average Bonchev–Trinajstić information content (AvgIpc) is 2.31. The fourth-order valence-corrected chi connectivity index (χ4v) is 3.49. The van der Waals surface area contributed by atoms with Gasteiger partial charge < -0.3 is 4.74 Å². The molecule has 5 heteroatoms. The molecule has 0 spiro atoms. The second-order valence-corrected chi connectivity index (χ2v) is 5.91. The fraction of sp³-hybridized carbons (Fsp3) is 0.250. The van der Waals surface area contributed by atoms with Gasteiger partial charge in [-0.25, -0.2) is 0 Å². The van der Waals surface area contributed by atoms with Crippen molar-refractivity contribution in [3.8, 4) is 0 Å². The number of nitrogens with zero attached hydrogens (tertiary/aromatic N) is 1. The van der Waals surface area contributed by atoms with Crippen molar-refractivity contribution in [2.24, 2.45) is 0 Å². The fourth-order valence-electron chi connectivity index (χ4n) is 2.04. The number of halogens is 3. The maximum absolute atomic E-state index is 6.42. The van der Waals surface area contributed by atoms with E-state index < -0.39 is 0 Å². The number of fused-ring (bicyclic) bond motifs is 2. The van der Waals surface area contributed by atoms with Gasteiger partial charge >= 0.3 is 0 Å². The van der Waals surface area contributed by atoms with Crippen molar-refractivity contribution in [1.29, 1.82) is 0 Å². The molecule has 1 aromatic heterocycles. The minimum atomic E-state index is 0.542. The van der Waals surface area contributed by atoms with E-state index in [-0.39, 0.29) is 0 Å². The molecule has 1 aromatic carbocycles. The lowest BCUT2D eigenvalue weighted by molar-refractivity contribution is 0.109. The first kappa shape index (κ1) is 12.0. The zero-order valence-electron chi connectivity index (χ0n) is 8.77. The third kappa shape index (κ3) is 2.03. The summed E-state index contributed by atoms with van der Waals surface area (Å²) in [6.45, 7) is 1.26. The number of rotatable bonds is 0. The highest BCUT2D eigenvalue weighted by molar-refractivity contribution is 14.1. The molecule has 0 aliphatic carbocycles. The molecule has 0 amide bonds. The Kier molecular flexibility index (Phi) is 3.19. The molecule has 1 aliphatic rings. The van der Waals surface area contributed by atoms with Crippen LogP contribution in [0.3, 0.4) is 0 Å². The van der Waals surface area contributed by atoms with Gasteiger partial charge in [0, 0.05) is 26.0 Å². The van der Waals surface area contributed by atoms with Gasteiger partial charge in [0.15, 0.2) is 0 Å². The van der Waals surface area contributed by atoms with E-state index >= 15 is 0 Å². The molecule has 88 valence electrons. The maximum atomic E-state index is 6.42. The molecule has 1 aliphatic heterocycles. The number of pyridine rings is 1. The molecular formula is C12H8Cl2INO. The SMILES string of the molecule is Clc1cc(I)c2nc3c(c(Cl)c2c1)COCC3. The van der Waals surface area contributed by atoms with E-state index in [4.69, 9.17) is 27.9 Å². The van der Waals surface area contributed by atoms with Gasteiger partial charge in [-0.15, -0.1) is 0 Å². The number of ether oxygens (including phenoxy) is 1. The predicted octanol–water partition coefficient (Wildman–Crippen LogP) is 4.22. The highest BCUT2D eigenvalue weighted by Gasteiger charge is 2.18. The number of hydrogen-bond donors (Lipinski definition) is 0. The molecule has 17 heavy (non-hydrogen) atoms. The summed E-state index contributed by atoms with van der Waals surface area (Å²) in [6, 6.07) is 3.77. The Morgan fingerprint density at radius 2 is 2.12 bits per heavy atom. The molecule has 0 saturated carbocycles. The summed E-state index contributed by atoms with van der Waals surface area (Å²) in [6.07, 6.45) is 0.823. The van der Waals surface area contributed by atoms with Crippen molar-refractivity contribution in [3.63, 3.8) is 0 Å². The third-order valence-electron chi connectivity index (χ3n) is 2.85. The zero-order valence-corrected chi connectivity index (χ0v) is 12.4. The largest absolute Gasteiger partial charge is 0.376 e. The number of hydrogen-bond acceptors (Lipinski definition) is 2. The van der Waals surface area contributed by atoms with Gasteiger partial charge in [0.2, 0.25) is 0 Å². The Balaban J connectivity index is 2.40. The van der Waals surface area contributed by atoms with Crippen molar-refractivity contribution in [2.75, 3.05) is 6.61 Å². The summed E-state index contributed by atoms with van der Waals surface area (Å²) >= 11 is 14.7. The lowest BCUT2D eigenvalue weighted by Gasteiger charge is -2.18. The van der Waals surface area contributed by atoms with Gasteiger partial charge in [-0.05, 0) is 34.7 Å². The molecule has 0 unspecified atom stereocenters. The first-order chi connectivity index (χ1) is 8.16. The van der Waals surface area contributed by atoms with Gasteiger partial charge in [0.1, 0.15) is 0 Å². The van der Waals surface area contributed by atoms with Crippen LogP contribution in [0.15, 0.2) is 12.1 Å². The Hall–Kier alpha value is -0.100. The molecule has 0 saturated heterocycles. The monoisotopic (exact) mass is 379 g/mol. The van der Waals surface area contributed by atoms with Gasteiger partial charge in [0.25, 0.3) is 0 Å². The van der Waals surface area contributed by atoms with E-state index in [2.05, 4.69) is 27.6 Å². The molecule has 0 radical (unpaired) electrons. The summed E-state index contributed by atoms with van der Waals surface area (Å²) in [4.78, 5) is 4.69. The Morgan fingerprint density at radius 1 is 1.29 bits per heavy atom. The van der Waals surface area contributed by atoms with Crippen LogP contribution < -0.4 is 0 Å². The third-order valence-corrected chi connectivity index (χ3v) is 4.33. The molecular weight excluding hydrogens is 372 g/mol. The summed E-state index contributed by atoms with van der Waals surface area (Å²) in [5.41, 5.74) is 2.98. The first-order valence-electron chi connectivity index (χ1n) is 5.20. The second-order valence-electron chi connectivity index (χ2n) is 3.94. The van der Waals surface area contributed by atoms with Crippen LogP contribution in [-0.2, 0) is 17.8 Å². The Labute approximate surface area is 122 Å². The van der Waals surface area contributed by atoms with Gasteiger partial charge in [-0.1, -0.05) is 23.2 Å². The van der Waals surface area contributed by atoms with Crippen LogP contribution in [-0.4, -0.2) is 11.6 Å². The van der Waals surface area contributed by atoms with Crippen molar-refractivity contribution < 1.29 is 4.74 Å². The lowest BCUT2D eigenvalue weighted by Crippen LogP contribution is -2.12. The standard InChI is InChI=1S/C12H8Cl2INO/c13-6-3-7-11(14)8-5-17-2-1-10(8)16-12(7)9(15)4-6/h3-4H,1-2,5H2. The molecule has 0 atom stereocenters. The molecule has 3 rings (SSSR count). The minimum Gasteiger partial charge on any atom is -0.376 e. The highest BCUT2D eigenvalue weighted by atomic mass is 127. The molecule has 2 aromatic rings. The summed E-state index contributed by atoms with van der Waals surface area (Å²) in [5.74, 6) is 0. The van der Waals surface area contributed by atoms with E-state index in [9.17, 15) is 0 Å². The topological polar surface area (TPSA) is 22.1 Å². The smallest absolute Gasteiger partial charge is 0.0854 e. The predicted molar refractivity (Wildman–Crippen MR) is 77.8 cm³/mol. The lowest BCUT2D eigenvalue weighted by atomic mass is 10.1. The van der Waals surface area contributed by atoms with Gasteiger partial charge in [0.05, 0.1) is 29.4 Å². The summed E-state index contributed by atoms with van der Waals surface area (Å²) < 4.78 is 6.46. The Morgan fingerprint density at radius 3 is 2.94 bits per heavy atom. The summed E-state index contributed by atoms with van der Waals surface area (Å²) in [7, 11) is 0. The van der Waals surface area contributed by atoms with Gasteiger partial charge in [-0.3, -0.25) is 4.98 Å². The molecule has 2 heterocycles. The van der Waals surface area contributed by atoms with Crippen molar-refractivity contribution in [2.45, 2.75) is 13.0 Å². The van der Waals surface area contributed by atoms with Crippen LogP contribution in [0.25, 0.3) is 10.9 Å². The number of aromatic nitrogens is 1. The minimum absolute atomic E-state index is 0.542. The van der Waals surface area contributed by atoms with Crippen molar-refractivity contribution >= 4 is 56.7 Å². The second kappa shape index (κ2) is 4.53. The molecule has 2 nitrogen and oxygen atoms in total. The van der Waals surface area contributed by atoms with Crippen LogP contribution >= 0.6 is 45.8 Å². The van der Waals surface area contributed by atoms with Gasteiger partial charge in [-0.2, -0.15) is 0 Å². The number of benzene rings is 1. The maximum Gasteiger partial charge on any atom is 0.0854 e. The van der Waals surface area contributed by atoms with Crippen LogP contribution in [0.5, 0.6) is 0 Å². The van der Waals surface area contributed by atoms with E-state index in [1.807, 2.05) is 12.1 Å². The van der Waals surface area contributed by atoms with Crippen molar-refractivity contribution in [1.82, 2.24) is 4.98 Å². The molecule has 0 N–H and O–H groups in total. The first-order valence-corrected chi connectivity index (χ1v) is 7.04. The van der Waals surface area contributed by atoms with Crippen LogP contribution in [0.1, 0.15) is 11.3 Å². The van der Waals surface area contributed by atoms with Crippen LogP contribution in [0.2, 0.25) is 10.0 Å². The van der Waals surface area contributed by atoms with Crippen molar-refractivity contribution in [3.05, 3.63) is 37.0 Å². The Bertz CT molecular complexity index is 615. The zero-order chi connectivity index (χ0) is 12.0. The molecule has 0 bridgehead atoms. The average molecular weight is 380 g/mol. The molecule has 0 fully saturated rings. The van der Waals surface area contributed by atoms with E-state index in [1.165, 1.54) is 0 Å². The quantitative estimate of drug-likeness (QED) is 0.639.